The molecular formula is C28H34N2O5. The van der Waals surface area contributed by atoms with E-state index in [1.54, 1.807) is 0 Å². The lowest BCUT2D eigenvalue weighted by Gasteiger charge is -2.30. The van der Waals surface area contributed by atoms with Gasteiger partial charge in [-0.1, -0.05) is 75.7 Å². The number of rotatable bonds is 8. The van der Waals surface area contributed by atoms with Crippen molar-refractivity contribution in [3.8, 4) is 11.1 Å². The van der Waals surface area contributed by atoms with Crippen LogP contribution >= 0.6 is 0 Å². The Balaban J connectivity index is 1.38. The SMILES string of the molecule is CCC[C@H](CC(=O)N1CCC(C)(C)C1C(=O)O)NC(=O)OCC1c2ccccc2-c2ccccc21. The molecule has 2 aromatic rings. The van der Waals surface area contributed by atoms with Gasteiger partial charge in [0.25, 0.3) is 0 Å². The van der Waals surface area contributed by atoms with E-state index < -0.39 is 29.6 Å². The summed E-state index contributed by atoms with van der Waals surface area (Å²) in [5.41, 5.74) is 4.11. The summed E-state index contributed by atoms with van der Waals surface area (Å²) in [6, 6.07) is 15.0. The lowest BCUT2D eigenvalue weighted by molar-refractivity contribution is -0.151. The number of carboxylic acid groups (broad SMARTS) is 1. The Morgan fingerprint density at radius 1 is 1.09 bits per heavy atom. The molecule has 7 nitrogen and oxygen atoms in total. The summed E-state index contributed by atoms with van der Waals surface area (Å²) in [6.07, 6.45) is 1.50. The van der Waals surface area contributed by atoms with Crippen LogP contribution in [0.5, 0.6) is 0 Å². The quantitative estimate of drug-likeness (QED) is 0.568. The third-order valence-electron chi connectivity index (χ3n) is 7.33. The van der Waals surface area contributed by atoms with Crippen LogP contribution in [0, 0.1) is 5.41 Å². The normalized spacial score (nSPS) is 19.1. The smallest absolute Gasteiger partial charge is 0.407 e. The van der Waals surface area contributed by atoms with Crippen molar-refractivity contribution >= 4 is 18.0 Å². The van der Waals surface area contributed by atoms with E-state index in [1.165, 1.54) is 4.90 Å². The molecule has 2 aromatic carbocycles. The summed E-state index contributed by atoms with van der Waals surface area (Å²) in [6.45, 7) is 6.34. The third kappa shape index (κ3) is 5.04. The second kappa shape index (κ2) is 10.1. The zero-order valence-corrected chi connectivity index (χ0v) is 20.6. The molecule has 1 aliphatic heterocycles. The molecule has 0 saturated carbocycles. The molecule has 1 saturated heterocycles. The Morgan fingerprint density at radius 3 is 2.26 bits per heavy atom. The fourth-order valence-electron chi connectivity index (χ4n) is 5.54. The van der Waals surface area contributed by atoms with E-state index in [1.807, 2.05) is 45.0 Å². The van der Waals surface area contributed by atoms with Crippen molar-refractivity contribution in [3.05, 3.63) is 59.7 Å². The third-order valence-corrected chi connectivity index (χ3v) is 7.33. The highest BCUT2D eigenvalue weighted by atomic mass is 16.5. The van der Waals surface area contributed by atoms with Crippen LogP contribution in [0.1, 0.15) is 63.5 Å². The lowest BCUT2D eigenvalue weighted by Crippen LogP contribution is -2.48. The van der Waals surface area contributed by atoms with Crippen molar-refractivity contribution in [2.45, 2.75) is 64.5 Å². The number of carboxylic acids is 1. The second-order valence-corrected chi connectivity index (χ2v) is 10.2. The Kier molecular flexibility index (Phi) is 7.15. The minimum Gasteiger partial charge on any atom is -0.480 e. The minimum absolute atomic E-state index is 0.0393. The summed E-state index contributed by atoms with van der Waals surface area (Å²) < 4.78 is 5.65. The average molecular weight is 479 g/mol. The molecule has 0 spiro atoms. The molecule has 0 radical (unpaired) electrons. The highest BCUT2D eigenvalue weighted by Crippen LogP contribution is 2.44. The standard InChI is InChI=1S/C28H34N2O5/c1-4-9-18(16-24(31)30-15-14-28(2,3)25(30)26(32)33)29-27(34)35-17-23-21-12-7-5-10-19(21)20-11-6-8-13-22(20)23/h5-8,10-13,18,23,25H,4,9,14-17H2,1-3H3,(H,29,34)(H,32,33)/t18-,25?/m1/s1. The fraction of sp³-hybridized carbons (Fsp3) is 0.464. The summed E-state index contributed by atoms with van der Waals surface area (Å²) >= 11 is 0. The molecule has 7 heteroatoms. The first-order valence-corrected chi connectivity index (χ1v) is 12.4. The van der Waals surface area contributed by atoms with Gasteiger partial charge in [-0.15, -0.1) is 0 Å². The number of benzene rings is 2. The number of hydrogen-bond donors (Lipinski definition) is 2. The van der Waals surface area contributed by atoms with Crippen molar-refractivity contribution in [1.82, 2.24) is 10.2 Å². The second-order valence-electron chi connectivity index (χ2n) is 10.2. The number of alkyl carbamates (subject to hydrolysis) is 1. The maximum absolute atomic E-state index is 13.0. The van der Waals surface area contributed by atoms with Crippen LogP contribution in [0.4, 0.5) is 4.79 Å². The molecule has 0 aromatic heterocycles. The molecule has 1 heterocycles. The van der Waals surface area contributed by atoms with Crippen LogP contribution in [-0.4, -0.2) is 53.2 Å². The number of nitrogens with one attached hydrogen (secondary N) is 1. The number of carbonyl (C=O) groups excluding carboxylic acids is 2. The van der Waals surface area contributed by atoms with E-state index in [2.05, 4.69) is 29.6 Å². The maximum atomic E-state index is 13.0. The van der Waals surface area contributed by atoms with Crippen molar-refractivity contribution in [1.29, 1.82) is 0 Å². The summed E-state index contributed by atoms with van der Waals surface area (Å²) in [4.78, 5) is 39.0. The van der Waals surface area contributed by atoms with E-state index in [9.17, 15) is 19.5 Å². The van der Waals surface area contributed by atoms with E-state index in [0.717, 1.165) is 28.7 Å². The first-order valence-electron chi connectivity index (χ1n) is 12.4. The van der Waals surface area contributed by atoms with Gasteiger partial charge in [-0.25, -0.2) is 9.59 Å². The molecule has 1 unspecified atom stereocenters. The van der Waals surface area contributed by atoms with Gasteiger partial charge < -0.3 is 20.1 Å². The summed E-state index contributed by atoms with van der Waals surface area (Å²) in [5.74, 6) is -1.28. The molecule has 2 atom stereocenters. The van der Waals surface area contributed by atoms with Crippen LogP contribution in [0.15, 0.2) is 48.5 Å². The molecule has 1 aliphatic carbocycles. The topological polar surface area (TPSA) is 95.9 Å². The number of ether oxygens (including phenoxy) is 1. The van der Waals surface area contributed by atoms with Gasteiger partial charge in [0.05, 0.1) is 0 Å². The molecular weight excluding hydrogens is 444 g/mol. The monoisotopic (exact) mass is 478 g/mol. The van der Waals surface area contributed by atoms with Crippen LogP contribution in [-0.2, 0) is 14.3 Å². The van der Waals surface area contributed by atoms with Gasteiger partial charge in [-0.05, 0) is 40.5 Å². The Morgan fingerprint density at radius 2 is 1.69 bits per heavy atom. The Hall–Kier alpha value is -3.35. The fourth-order valence-corrected chi connectivity index (χ4v) is 5.54. The van der Waals surface area contributed by atoms with E-state index in [-0.39, 0.29) is 24.9 Å². The molecule has 35 heavy (non-hydrogen) atoms. The minimum atomic E-state index is -0.989. The predicted octanol–water partition coefficient (Wildman–Crippen LogP) is 4.80. The molecule has 4 rings (SSSR count). The van der Waals surface area contributed by atoms with Gasteiger partial charge in [0, 0.05) is 24.9 Å². The van der Waals surface area contributed by atoms with Gasteiger partial charge in [-0.3, -0.25) is 4.79 Å². The number of aliphatic carboxylic acids is 1. The maximum Gasteiger partial charge on any atom is 0.407 e. The first kappa shape index (κ1) is 24.8. The lowest BCUT2D eigenvalue weighted by atomic mass is 9.85. The highest BCUT2D eigenvalue weighted by molar-refractivity contribution is 5.85. The molecule has 186 valence electrons. The number of carbonyl (C=O) groups is 3. The average Bonchev–Trinajstić information content (AvgIpc) is 3.32. The number of amides is 2. The van der Waals surface area contributed by atoms with Gasteiger partial charge in [0.1, 0.15) is 12.6 Å². The Labute approximate surface area is 206 Å². The highest BCUT2D eigenvalue weighted by Gasteiger charge is 2.47. The summed E-state index contributed by atoms with van der Waals surface area (Å²) in [5, 5.41) is 12.5. The number of fused-ring (bicyclic) bond motifs is 3. The largest absolute Gasteiger partial charge is 0.480 e. The van der Waals surface area contributed by atoms with Crippen molar-refractivity contribution in [2.75, 3.05) is 13.2 Å². The molecule has 1 fully saturated rings. The number of nitrogens with zero attached hydrogens (tertiary/aromatic N) is 1. The van der Waals surface area contributed by atoms with E-state index in [0.29, 0.717) is 19.4 Å². The van der Waals surface area contributed by atoms with Crippen molar-refractivity contribution < 1.29 is 24.2 Å². The van der Waals surface area contributed by atoms with Crippen molar-refractivity contribution in [3.63, 3.8) is 0 Å². The van der Waals surface area contributed by atoms with Crippen molar-refractivity contribution in [2.24, 2.45) is 5.41 Å². The predicted molar refractivity (Wildman–Crippen MR) is 133 cm³/mol. The zero-order chi connectivity index (χ0) is 25.2. The molecule has 2 aliphatic rings. The summed E-state index contributed by atoms with van der Waals surface area (Å²) in [7, 11) is 0. The number of likely N-dealkylation sites (tertiary alicyclic amines) is 1. The Bertz CT molecular complexity index is 1070. The zero-order valence-electron chi connectivity index (χ0n) is 20.6. The van der Waals surface area contributed by atoms with Crippen LogP contribution in [0.2, 0.25) is 0 Å². The van der Waals surface area contributed by atoms with Crippen LogP contribution < -0.4 is 5.32 Å². The molecule has 2 N–H and O–H groups in total. The molecule has 0 bridgehead atoms. The van der Waals surface area contributed by atoms with Gasteiger partial charge in [0.15, 0.2) is 0 Å². The van der Waals surface area contributed by atoms with Crippen LogP contribution in [0.3, 0.4) is 0 Å². The van der Waals surface area contributed by atoms with Crippen LogP contribution in [0.25, 0.3) is 11.1 Å². The first-order chi connectivity index (χ1) is 16.7. The number of hydrogen-bond acceptors (Lipinski definition) is 4. The van der Waals surface area contributed by atoms with E-state index >= 15 is 0 Å². The van der Waals surface area contributed by atoms with Gasteiger partial charge in [-0.2, -0.15) is 0 Å². The van der Waals surface area contributed by atoms with Gasteiger partial charge >= 0.3 is 12.1 Å². The van der Waals surface area contributed by atoms with Gasteiger partial charge in [0.2, 0.25) is 5.91 Å². The van der Waals surface area contributed by atoms with E-state index in [4.69, 9.17) is 4.74 Å². The molecule has 2 amide bonds.